The number of aliphatic hydroxyl groups excluding tert-OH is 5. The van der Waals surface area contributed by atoms with Crippen molar-refractivity contribution in [3.05, 3.63) is 48.6 Å². The Morgan fingerprint density at radius 3 is 1.45 bits per heavy atom. The van der Waals surface area contributed by atoms with Crippen molar-refractivity contribution >= 4 is 5.91 Å². The van der Waals surface area contributed by atoms with E-state index in [-0.39, 0.29) is 12.5 Å². The molecule has 1 saturated heterocycles. The number of rotatable bonds is 43. The second-order valence-corrected chi connectivity index (χ2v) is 18.0. The zero-order valence-corrected chi connectivity index (χ0v) is 39.9. The monoisotopic (exact) mass is 876 g/mol. The minimum atomic E-state index is -1.57. The highest BCUT2D eigenvalue weighted by molar-refractivity contribution is 5.76. The molecule has 0 aromatic rings. The Hall–Kier alpha value is -1.85. The first-order valence-corrected chi connectivity index (χ1v) is 25.8. The number of ether oxygens (including phenoxy) is 2. The molecule has 0 radical (unpaired) electrons. The number of amides is 1. The second kappa shape index (κ2) is 43.1. The highest BCUT2D eigenvalue weighted by Gasteiger charge is 2.44. The van der Waals surface area contributed by atoms with Crippen LogP contribution in [0, 0.1) is 0 Å². The van der Waals surface area contributed by atoms with Crippen molar-refractivity contribution in [3.8, 4) is 0 Å². The number of hydrogen-bond donors (Lipinski definition) is 6. The molecule has 7 unspecified atom stereocenters. The third kappa shape index (κ3) is 32.8. The Morgan fingerprint density at radius 2 is 0.984 bits per heavy atom. The molecule has 1 aliphatic rings. The van der Waals surface area contributed by atoms with Gasteiger partial charge in [-0.2, -0.15) is 0 Å². The number of allylic oxidation sites excluding steroid dienone is 7. The lowest BCUT2D eigenvalue weighted by Crippen LogP contribution is -2.60. The summed E-state index contributed by atoms with van der Waals surface area (Å²) in [5.74, 6) is -0.194. The van der Waals surface area contributed by atoms with Crippen molar-refractivity contribution in [2.45, 2.75) is 269 Å². The van der Waals surface area contributed by atoms with Crippen LogP contribution in [0.5, 0.6) is 0 Å². The number of carbonyl (C=O) groups is 1. The average molecular weight is 876 g/mol. The molecular formula is C53H97NO8. The van der Waals surface area contributed by atoms with Crippen LogP contribution in [0.25, 0.3) is 0 Å². The van der Waals surface area contributed by atoms with E-state index in [1.165, 1.54) is 161 Å². The SMILES string of the molecule is C/C=C/CC/C=C/CC/C=C/C(O)C(COC1OC(CO)C(O)C(O)C1O)NC(=O)CCCCCCCCCCCCCCCC/C=C\CCCCCCCCCCCCCC. The van der Waals surface area contributed by atoms with E-state index in [0.717, 1.165) is 44.9 Å². The van der Waals surface area contributed by atoms with Gasteiger partial charge in [-0.1, -0.05) is 203 Å². The van der Waals surface area contributed by atoms with E-state index in [0.29, 0.717) is 6.42 Å². The van der Waals surface area contributed by atoms with Gasteiger partial charge in [0.2, 0.25) is 5.91 Å². The number of aliphatic hydroxyl groups is 5. The Bertz CT molecular complexity index is 1110. The van der Waals surface area contributed by atoms with Crippen molar-refractivity contribution in [1.82, 2.24) is 5.32 Å². The van der Waals surface area contributed by atoms with Gasteiger partial charge in [-0.3, -0.25) is 4.79 Å². The topological polar surface area (TPSA) is 149 Å². The zero-order chi connectivity index (χ0) is 45.1. The average Bonchev–Trinajstić information content (AvgIpc) is 3.27. The smallest absolute Gasteiger partial charge is 0.220 e. The van der Waals surface area contributed by atoms with Crippen LogP contribution in [0.2, 0.25) is 0 Å². The maximum atomic E-state index is 12.9. The molecule has 0 saturated carbocycles. The van der Waals surface area contributed by atoms with E-state index in [1.54, 1.807) is 6.08 Å². The molecule has 1 aliphatic heterocycles. The quantitative estimate of drug-likeness (QED) is 0.0262. The van der Waals surface area contributed by atoms with Gasteiger partial charge < -0.3 is 40.3 Å². The van der Waals surface area contributed by atoms with E-state index in [9.17, 15) is 30.3 Å². The molecule has 62 heavy (non-hydrogen) atoms. The summed E-state index contributed by atoms with van der Waals surface area (Å²) in [6.07, 6.45) is 49.4. The van der Waals surface area contributed by atoms with Crippen LogP contribution in [0.1, 0.15) is 226 Å². The molecule has 1 amide bonds. The van der Waals surface area contributed by atoms with E-state index in [1.807, 2.05) is 19.1 Å². The molecular weight excluding hydrogens is 779 g/mol. The third-order valence-corrected chi connectivity index (χ3v) is 12.2. The van der Waals surface area contributed by atoms with Gasteiger partial charge in [-0.05, 0) is 64.7 Å². The number of hydrogen-bond acceptors (Lipinski definition) is 8. The number of unbranched alkanes of at least 4 members (excludes halogenated alkanes) is 28. The van der Waals surface area contributed by atoms with Crippen LogP contribution < -0.4 is 5.32 Å². The summed E-state index contributed by atoms with van der Waals surface area (Å²) < 4.78 is 11.2. The molecule has 0 aromatic heterocycles. The highest BCUT2D eigenvalue weighted by atomic mass is 16.7. The van der Waals surface area contributed by atoms with Gasteiger partial charge in [-0.15, -0.1) is 0 Å². The first-order valence-electron chi connectivity index (χ1n) is 25.8. The van der Waals surface area contributed by atoms with Gasteiger partial charge in [0.15, 0.2) is 6.29 Å². The normalized spacial score (nSPS) is 20.7. The highest BCUT2D eigenvalue weighted by Crippen LogP contribution is 2.23. The first-order chi connectivity index (χ1) is 30.3. The maximum Gasteiger partial charge on any atom is 0.220 e. The largest absolute Gasteiger partial charge is 0.394 e. The van der Waals surface area contributed by atoms with Gasteiger partial charge in [0.25, 0.3) is 0 Å². The van der Waals surface area contributed by atoms with Gasteiger partial charge in [0, 0.05) is 6.42 Å². The van der Waals surface area contributed by atoms with Crippen molar-refractivity contribution in [1.29, 1.82) is 0 Å². The lowest BCUT2D eigenvalue weighted by molar-refractivity contribution is -0.302. The van der Waals surface area contributed by atoms with Crippen LogP contribution >= 0.6 is 0 Å². The molecule has 6 N–H and O–H groups in total. The van der Waals surface area contributed by atoms with E-state index < -0.39 is 49.5 Å². The Kier molecular flexibility index (Phi) is 40.4. The molecule has 0 bridgehead atoms. The van der Waals surface area contributed by atoms with E-state index >= 15 is 0 Å². The molecule has 9 nitrogen and oxygen atoms in total. The fourth-order valence-electron chi connectivity index (χ4n) is 8.07. The van der Waals surface area contributed by atoms with Crippen molar-refractivity contribution < 1.29 is 39.8 Å². The minimum Gasteiger partial charge on any atom is -0.394 e. The Balaban J connectivity index is 2.12. The Labute approximate surface area is 380 Å². The molecule has 0 aromatic carbocycles. The standard InChI is InChI=1S/C53H97NO8/c1-3-5-7-9-11-13-14-15-16-17-18-19-20-21-22-23-24-25-26-27-28-29-30-31-32-33-35-37-39-41-43-49(57)54-46(47(56)42-40-38-36-34-12-10-8-6-4-2)45-61-53-52(60)51(59)50(58)48(44-55)62-53/h4,6,12,21-22,34,40,42,46-48,50-53,55-56,58-60H,3,5,7-11,13-20,23-33,35-39,41,43-45H2,1-2H3,(H,54,57)/b6-4+,22-21-,34-12+,42-40+. The fraction of sp³-hybridized carbons (Fsp3) is 0.830. The zero-order valence-electron chi connectivity index (χ0n) is 39.9. The molecule has 1 fully saturated rings. The molecule has 7 atom stereocenters. The predicted octanol–water partition coefficient (Wildman–Crippen LogP) is 11.8. The van der Waals surface area contributed by atoms with Crippen molar-refractivity contribution in [2.24, 2.45) is 0 Å². The van der Waals surface area contributed by atoms with Gasteiger partial charge >= 0.3 is 0 Å². The summed E-state index contributed by atoms with van der Waals surface area (Å²) in [5.41, 5.74) is 0. The van der Waals surface area contributed by atoms with Crippen LogP contribution in [-0.2, 0) is 14.3 Å². The lowest BCUT2D eigenvalue weighted by Gasteiger charge is -2.40. The summed E-state index contributed by atoms with van der Waals surface area (Å²) >= 11 is 0. The number of nitrogens with one attached hydrogen (secondary N) is 1. The molecule has 1 rings (SSSR count). The maximum absolute atomic E-state index is 12.9. The van der Waals surface area contributed by atoms with Gasteiger partial charge in [-0.25, -0.2) is 0 Å². The summed E-state index contributed by atoms with van der Waals surface area (Å²) in [6.45, 7) is 3.52. The van der Waals surface area contributed by atoms with Gasteiger partial charge in [0.05, 0.1) is 25.4 Å². The molecule has 362 valence electrons. The van der Waals surface area contributed by atoms with Crippen molar-refractivity contribution in [3.63, 3.8) is 0 Å². The molecule has 0 aliphatic carbocycles. The van der Waals surface area contributed by atoms with Crippen LogP contribution in [-0.4, -0.2) is 87.5 Å². The molecule has 9 heteroatoms. The van der Waals surface area contributed by atoms with Crippen LogP contribution in [0.3, 0.4) is 0 Å². The van der Waals surface area contributed by atoms with Crippen LogP contribution in [0.4, 0.5) is 0 Å². The third-order valence-electron chi connectivity index (χ3n) is 12.2. The lowest BCUT2D eigenvalue weighted by atomic mass is 9.99. The summed E-state index contributed by atoms with van der Waals surface area (Å²) in [6, 6.07) is -0.826. The van der Waals surface area contributed by atoms with Crippen molar-refractivity contribution in [2.75, 3.05) is 13.2 Å². The molecule has 1 heterocycles. The second-order valence-electron chi connectivity index (χ2n) is 18.0. The summed E-state index contributed by atoms with van der Waals surface area (Å²) in [4.78, 5) is 12.9. The fourth-order valence-corrected chi connectivity index (χ4v) is 8.07. The van der Waals surface area contributed by atoms with Gasteiger partial charge in [0.1, 0.15) is 24.4 Å². The predicted molar refractivity (Wildman–Crippen MR) is 258 cm³/mol. The minimum absolute atomic E-state index is 0.194. The van der Waals surface area contributed by atoms with Crippen LogP contribution in [0.15, 0.2) is 48.6 Å². The first kappa shape index (κ1) is 58.2. The molecule has 0 spiro atoms. The Morgan fingerprint density at radius 1 is 0.565 bits per heavy atom. The number of carbonyl (C=O) groups excluding carboxylic acids is 1. The van der Waals surface area contributed by atoms with E-state index in [2.05, 4.69) is 42.6 Å². The van der Waals surface area contributed by atoms with E-state index in [4.69, 9.17) is 9.47 Å². The summed E-state index contributed by atoms with van der Waals surface area (Å²) in [5, 5.41) is 54.0. The summed E-state index contributed by atoms with van der Waals surface area (Å²) in [7, 11) is 0.